The zero-order valence-corrected chi connectivity index (χ0v) is 9.12. The Labute approximate surface area is 85.8 Å². The Kier molecular flexibility index (Phi) is 3.67. The van der Waals surface area contributed by atoms with Crippen LogP contribution in [0.1, 0.15) is 23.6 Å². The molecule has 1 rings (SSSR count). The van der Waals surface area contributed by atoms with Gasteiger partial charge in [-0.3, -0.25) is 0 Å². The van der Waals surface area contributed by atoms with E-state index in [4.69, 9.17) is 5.73 Å². The molecule has 0 saturated heterocycles. The number of aliphatic hydroxyl groups is 1. The summed E-state index contributed by atoms with van der Waals surface area (Å²) in [4.78, 5) is 0. The van der Waals surface area contributed by atoms with Gasteiger partial charge >= 0.3 is 0 Å². The molecule has 0 aromatic heterocycles. The van der Waals surface area contributed by atoms with E-state index in [0.717, 1.165) is 6.42 Å². The second-order valence-electron chi connectivity index (χ2n) is 4.03. The Morgan fingerprint density at radius 2 is 1.93 bits per heavy atom. The second kappa shape index (κ2) is 4.58. The molecule has 1 aromatic rings. The summed E-state index contributed by atoms with van der Waals surface area (Å²) in [5.74, 6) is 0. The fourth-order valence-corrected chi connectivity index (χ4v) is 1.37. The van der Waals surface area contributed by atoms with Gasteiger partial charge < -0.3 is 10.8 Å². The lowest BCUT2D eigenvalue weighted by molar-refractivity contribution is 0.163. The summed E-state index contributed by atoms with van der Waals surface area (Å²) >= 11 is 0. The Bertz CT molecular complexity index is 307. The van der Waals surface area contributed by atoms with Crippen LogP contribution in [0.4, 0.5) is 0 Å². The predicted molar refractivity (Wildman–Crippen MR) is 59.3 cm³/mol. The van der Waals surface area contributed by atoms with E-state index in [1.54, 1.807) is 6.92 Å². The average Bonchev–Trinajstić information content (AvgIpc) is 2.11. The molecule has 2 nitrogen and oxygen atoms in total. The maximum atomic E-state index is 9.28. The lowest BCUT2D eigenvalue weighted by Crippen LogP contribution is -2.34. The average molecular weight is 193 g/mol. The van der Waals surface area contributed by atoms with Crippen molar-refractivity contribution in [2.45, 2.75) is 39.3 Å². The fraction of sp³-hybridized carbons (Fsp3) is 0.500. The van der Waals surface area contributed by atoms with Crippen molar-refractivity contribution < 1.29 is 5.11 Å². The summed E-state index contributed by atoms with van der Waals surface area (Å²) < 4.78 is 0. The van der Waals surface area contributed by atoms with Crippen molar-refractivity contribution in [3.63, 3.8) is 0 Å². The number of rotatable bonds is 3. The van der Waals surface area contributed by atoms with Gasteiger partial charge in [0.15, 0.2) is 0 Å². The van der Waals surface area contributed by atoms with Gasteiger partial charge in [-0.2, -0.15) is 0 Å². The largest absolute Gasteiger partial charge is 0.392 e. The normalized spacial score (nSPS) is 15.2. The van der Waals surface area contributed by atoms with Gasteiger partial charge in [-0.1, -0.05) is 18.2 Å². The van der Waals surface area contributed by atoms with Gasteiger partial charge in [0.25, 0.3) is 0 Å². The molecule has 1 aromatic carbocycles. The minimum absolute atomic E-state index is 0.169. The molecule has 0 spiro atoms. The fourth-order valence-electron chi connectivity index (χ4n) is 1.37. The molecule has 2 unspecified atom stereocenters. The predicted octanol–water partition coefficient (Wildman–Crippen LogP) is 1.55. The SMILES string of the molecule is Cc1ccc(CC(N)C(C)O)cc1C. The zero-order chi connectivity index (χ0) is 10.7. The number of aryl methyl sites for hydroxylation is 2. The highest BCUT2D eigenvalue weighted by atomic mass is 16.3. The molecule has 0 bridgehead atoms. The minimum atomic E-state index is -0.448. The number of aliphatic hydroxyl groups excluding tert-OH is 1. The zero-order valence-electron chi connectivity index (χ0n) is 9.12. The quantitative estimate of drug-likeness (QED) is 0.765. The van der Waals surface area contributed by atoms with E-state index in [1.165, 1.54) is 16.7 Å². The van der Waals surface area contributed by atoms with Crippen LogP contribution in [-0.2, 0) is 6.42 Å². The van der Waals surface area contributed by atoms with Crippen LogP contribution in [0.3, 0.4) is 0 Å². The summed E-state index contributed by atoms with van der Waals surface area (Å²) in [6.07, 6.45) is 0.287. The van der Waals surface area contributed by atoms with E-state index in [1.807, 2.05) is 0 Å². The lowest BCUT2D eigenvalue weighted by atomic mass is 9.99. The third kappa shape index (κ3) is 2.82. The Hall–Kier alpha value is -0.860. The van der Waals surface area contributed by atoms with Gasteiger partial charge in [0, 0.05) is 6.04 Å². The van der Waals surface area contributed by atoms with E-state index >= 15 is 0 Å². The van der Waals surface area contributed by atoms with Crippen LogP contribution in [0.5, 0.6) is 0 Å². The first kappa shape index (κ1) is 11.2. The Morgan fingerprint density at radius 1 is 1.29 bits per heavy atom. The van der Waals surface area contributed by atoms with Gasteiger partial charge in [0.05, 0.1) is 6.10 Å². The van der Waals surface area contributed by atoms with Crippen molar-refractivity contribution in [1.29, 1.82) is 0 Å². The van der Waals surface area contributed by atoms with Crippen LogP contribution in [-0.4, -0.2) is 17.3 Å². The van der Waals surface area contributed by atoms with Gasteiger partial charge in [0.2, 0.25) is 0 Å². The highest BCUT2D eigenvalue weighted by Crippen LogP contribution is 2.11. The maximum absolute atomic E-state index is 9.28. The highest BCUT2D eigenvalue weighted by Gasteiger charge is 2.09. The Balaban J connectivity index is 2.73. The second-order valence-corrected chi connectivity index (χ2v) is 4.03. The van der Waals surface area contributed by atoms with E-state index in [2.05, 4.69) is 32.0 Å². The molecular weight excluding hydrogens is 174 g/mol. The van der Waals surface area contributed by atoms with E-state index in [-0.39, 0.29) is 6.04 Å². The molecule has 0 heterocycles. The number of hydrogen-bond acceptors (Lipinski definition) is 2. The summed E-state index contributed by atoms with van der Waals surface area (Å²) in [6, 6.07) is 6.14. The van der Waals surface area contributed by atoms with Crippen LogP contribution in [0.2, 0.25) is 0 Å². The van der Waals surface area contributed by atoms with E-state index in [9.17, 15) is 5.11 Å². The van der Waals surface area contributed by atoms with Crippen LogP contribution in [0.25, 0.3) is 0 Å². The summed E-state index contributed by atoms with van der Waals surface area (Å²) in [5.41, 5.74) is 9.55. The lowest BCUT2D eigenvalue weighted by Gasteiger charge is -2.15. The van der Waals surface area contributed by atoms with Crippen LogP contribution in [0.15, 0.2) is 18.2 Å². The molecule has 0 fully saturated rings. The van der Waals surface area contributed by atoms with Crippen molar-refractivity contribution in [2.75, 3.05) is 0 Å². The standard InChI is InChI=1S/C12H19NO/c1-8-4-5-11(6-9(8)2)7-12(13)10(3)14/h4-6,10,12,14H,7,13H2,1-3H3. The minimum Gasteiger partial charge on any atom is -0.392 e. The molecule has 0 saturated carbocycles. The number of nitrogens with two attached hydrogens (primary N) is 1. The van der Waals surface area contributed by atoms with Gasteiger partial charge in [-0.15, -0.1) is 0 Å². The molecule has 0 amide bonds. The molecular formula is C12H19NO. The van der Waals surface area contributed by atoms with Crippen molar-refractivity contribution in [2.24, 2.45) is 5.73 Å². The van der Waals surface area contributed by atoms with E-state index in [0.29, 0.717) is 0 Å². The van der Waals surface area contributed by atoms with Crippen LogP contribution in [0, 0.1) is 13.8 Å². The van der Waals surface area contributed by atoms with Crippen molar-refractivity contribution in [3.8, 4) is 0 Å². The topological polar surface area (TPSA) is 46.2 Å². The molecule has 0 aliphatic rings. The third-order valence-electron chi connectivity index (χ3n) is 2.66. The smallest absolute Gasteiger partial charge is 0.0666 e. The van der Waals surface area contributed by atoms with E-state index < -0.39 is 6.10 Å². The van der Waals surface area contributed by atoms with Gasteiger partial charge in [-0.05, 0) is 43.9 Å². The summed E-state index contributed by atoms with van der Waals surface area (Å²) in [6.45, 7) is 5.91. The van der Waals surface area contributed by atoms with Crippen molar-refractivity contribution in [3.05, 3.63) is 34.9 Å². The first-order chi connectivity index (χ1) is 6.50. The molecule has 0 radical (unpaired) electrons. The molecule has 14 heavy (non-hydrogen) atoms. The van der Waals surface area contributed by atoms with Gasteiger partial charge in [-0.25, -0.2) is 0 Å². The summed E-state index contributed by atoms with van der Waals surface area (Å²) in [5, 5.41) is 9.28. The number of benzene rings is 1. The molecule has 2 heteroatoms. The van der Waals surface area contributed by atoms with Crippen molar-refractivity contribution >= 4 is 0 Å². The van der Waals surface area contributed by atoms with Crippen molar-refractivity contribution in [1.82, 2.24) is 0 Å². The Morgan fingerprint density at radius 3 is 2.43 bits per heavy atom. The van der Waals surface area contributed by atoms with Crippen LogP contribution < -0.4 is 5.73 Å². The molecule has 0 aliphatic carbocycles. The molecule has 2 atom stereocenters. The number of hydrogen-bond donors (Lipinski definition) is 2. The molecule has 78 valence electrons. The van der Waals surface area contributed by atoms with Gasteiger partial charge in [0.1, 0.15) is 0 Å². The summed E-state index contributed by atoms with van der Waals surface area (Å²) in [7, 11) is 0. The van der Waals surface area contributed by atoms with Crippen LogP contribution >= 0.6 is 0 Å². The first-order valence-corrected chi connectivity index (χ1v) is 5.00. The molecule has 0 aliphatic heterocycles. The maximum Gasteiger partial charge on any atom is 0.0666 e. The third-order valence-corrected chi connectivity index (χ3v) is 2.66. The first-order valence-electron chi connectivity index (χ1n) is 5.00. The highest BCUT2D eigenvalue weighted by molar-refractivity contribution is 5.30. The molecule has 3 N–H and O–H groups in total. The monoisotopic (exact) mass is 193 g/mol.